The molecule has 3 nitrogen and oxygen atoms in total. The van der Waals surface area contributed by atoms with Crippen LogP contribution in [-0.2, 0) is 10.8 Å². The molecule has 3 rings (SSSR count). The minimum atomic E-state index is -0.0837. The van der Waals surface area contributed by atoms with Crippen LogP contribution in [0.15, 0.2) is 18.2 Å². The van der Waals surface area contributed by atoms with Crippen LogP contribution in [-0.4, -0.2) is 15.7 Å². The van der Waals surface area contributed by atoms with Crippen LogP contribution in [0.1, 0.15) is 70.6 Å². The largest absolute Gasteiger partial charge is 0.272 e. The van der Waals surface area contributed by atoms with Crippen molar-refractivity contribution in [3.63, 3.8) is 0 Å². The van der Waals surface area contributed by atoms with E-state index >= 15 is 0 Å². The van der Waals surface area contributed by atoms with Crippen LogP contribution < -0.4 is 0 Å². The summed E-state index contributed by atoms with van der Waals surface area (Å²) < 4.78 is 1.72. The molecule has 1 heterocycles. The van der Waals surface area contributed by atoms with Crippen molar-refractivity contribution in [3.8, 4) is 0 Å². The predicted octanol–water partition coefficient (Wildman–Crippen LogP) is 4.33. The monoisotopic (exact) mass is 300 g/mol. The van der Waals surface area contributed by atoms with Crippen LogP contribution in [0.4, 0.5) is 0 Å². The van der Waals surface area contributed by atoms with Crippen molar-refractivity contribution in [1.82, 2.24) is 9.78 Å². The van der Waals surface area contributed by atoms with Gasteiger partial charge in [0.2, 0.25) is 0 Å². The summed E-state index contributed by atoms with van der Waals surface area (Å²) in [5.74, 6) is 1.34. The van der Waals surface area contributed by atoms with Crippen molar-refractivity contribution in [1.29, 1.82) is 0 Å². The normalized spacial score (nSPS) is 27.6. The zero-order valence-corrected chi connectivity index (χ0v) is 14.7. The second-order valence-electron chi connectivity index (χ2n) is 9.05. The minimum Gasteiger partial charge on any atom is -0.272 e. The second-order valence-corrected chi connectivity index (χ2v) is 9.05. The van der Waals surface area contributed by atoms with E-state index in [0.717, 1.165) is 24.2 Å². The lowest BCUT2D eigenvalue weighted by Gasteiger charge is -2.23. The first-order valence-electron chi connectivity index (χ1n) is 8.41. The lowest BCUT2D eigenvalue weighted by molar-refractivity contribution is 0.0787. The summed E-state index contributed by atoms with van der Waals surface area (Å²) >= 11 is 0. The Bertz CT molecular complexity index is 625. The Labute approximate surface area is 133 Å². The maximum absolute atomic E-state index is 13.1. The quantitative estimate of drug-likeness (QED) is 0.724. The fourth-order valence-corrected chi connectivity index (χ4v) is 3.67. The highest BCUT2D eigenvalue weighted by Gasteiger charge is 2.42. The van der Waals surface area contributed by atoms with Crippen molar-refractivity contribution in [3.05, 3.63) is 29.6 Å². The predicted molar refractivity (Wildman–Crippen MR) is 89.1 cm³/mol. The van der Waals surface area contributed by atoms with Gasteiger partial charge in [-0.25, -0.2) is 4.68 Å². The van der Waals surface area contributed by atoms with E-state index in [0.29, 0.717) is 11.8 Å². The number of aromatic nitrogens is 2. The van der Waals surface area contributed by atoms with Gasteiger partial charge in [0.25, 0.3) is 5.91 Å². The highest BCUT2D eigenvalue weighted by molar-refractivity contribution is 5.82. The van der Waals surface area contributed by atoms with Gasteiger partial charge < -0.3 is 0 Å². The van der Waals surface area contributed by atoms with Gasteiger partial charge in [0.15, 0.2) is 0 Å². The second kappa shape index (κ2) is 4.81. The summed E-state index contributed by atoms with van der Waals surface area (Å²) in [4.78, 5) is 13.1. The summed E-state index contributed by atoms with van der Waals surface area (Å²) in [7, 11) is 0. The standard InChI is InChI=1S/C19H28N2O/c1-18(2,3)15-11-16(19(4,5)6)21(20-15)17(22)14-10-12-7-8-13(14)9-12/h7-8,11-14H,9-10H2,1-6H3/t12-,13+,14?/m0/s1. The number of carbonyl (C=O) groups excluding carboxylic acids is 1. The van der Waals surface area contributed by atoms with Crippen molar-refractivity contribution in [2.45, 2.75) is 65.2 Å². The molecule has 0 N–H and O–H groups in total. The van der Waals surface area contributed by atoms with Crippen LogP contribution in [0.2, 0.25) is 0 Å². The Kier molecular flexibility index (Phi) is 3.39. The summed E-state index contributed by atoms with van der Waals surface area (Å²) in [5, 5.41) is 4.72. The first kappa shape index (κ1) is 15.5. The molecule has 1 unspecified atom stereocenters. The first-order valence-corrected chi connectivity index (χ1v) is 8.41. The SMILES string of the molecule is CC(C)(C)c1cc(C(C)(C)C)n(C(=O)C2C[C@H]3C=C[C@@H]2C3)n1. The Morgan fingerprint density at radius 2 is 1.77 bits per heavy atom. The van der Waals surface area contributed by atoms with Gasteiger partial charge in [0.1, 0.15) is 0 Å². The average Bonchev–Trinajstić information content (AvgIpc) is 3.09. The molecule has 1 fully saturated rings. The number of nitrogens with zero attached hydrogens (tertiary/aromatic N) is 2. The summed E-state index contributed by atoms with van der Waals surface area (Å²) in [6.45, 7) is 12.9. The van der Waals surface area contributed by atoms with Crippen LogP contribution in [0.25, 0.3) is 0 Å². The molecule has 22 heavy (non-hydrogen) atoms. The highest BCUT2D eigenvalue weighted by atomic mass is 16.2. The van der Waals surface area contributed by atoms with Crippen molar-refractivity contribution in [2.24, 2.45) is 17.8 Å². The zero-order chi connectivity index (χ0) is 16.3. The molecule has 3 heteroatoms. The topological polar surface area (TPSA) is 34.9 Å². The molecule has 0 spiro atoms. The average molecular weight is 300 g/mol. The summed E-state index contributed by atoms with van der Waals surface area (Å²) in [6, 6.07) is 2.13. The lowest BCUT2D eigenvalue weighted by Crippen LogP contribution is -2.30. The van der Waals surface area contributed by atoms with Gasteiger partial charge in [-0.05, 0) is 30.7 Å². The molecule has 0 radical (unpaired) electrons. The molecule has 1 saturated carbocycles. The van der Waals surface area contributed by atoms with Gasteiger partial charge in [0, 0.05) is 16.7 Å². The van der Waals surface area contributed by atoms with E-state index in [2.05, 4.69) is 59.8 Å². The number of allylic oxidation sites excluding steroid dienone is 2. The van der Waals surface area contributed by atoms with Gasteiger partial charge in [-0.1, -0.05) is 53.7 Å². The molecule has 1 aromatic rings. The van der Waals surface area contributed by atoms with E-state index in [1.165, 1.54) is 0 Å². The Morgan fingerprint density at radius 3 is 2.23 bits per heavy atom. The molecule has 2 bridgehead atoms. The Balaban J connectivity index is 2.00. The van der Waals surface area contributed by atoms with Crippen LogP contribution in [0.5, 0.6) is 0 Å². The number of carbonyl (C=O) groups is 1. The highest BCUT2D eigenvalue weighted by Crippen LogP contribution is 2.44. The van der Waals surface area contributed by atoms with E-state index in [1.54, 1.807) is 4.68 Å². The molecule has 0 aliphatic heterocycles. The van der Waals surface area contributed by atoms with Gasteiger partial charge in [-0.15, -0.1) is 0 Å². The number of fused-ring (bicyclic) bond motifs is 2. The molecular weight excluding hydrogens is 272 g/mol. The number of hydrogen-bond acceptors (Lipinski definition) is 2. The zero-order valence-electron chi connectivity index (χ0n) is 14.7. The molecule has 0 amide bonds. The lowest BCUT2D eigenvalue weighted by atomic mass is 9.87. The van der Waals surface area contributed by atoms with Gasteiger partial charge >= 0.3 is 0 Å². The smallest absolute Gasteiger partial charge is 0.250 e. The third-order valence-electron chi connectivity index (χ3n) is 5.05. The maximum atomic E-state index is 13.1. The Morgan fingerprint density at radius 1 is 1.09 bits per heavy atom. The molecule has 0 aromatic carbocycles. The molecular formula is C19H28N2O. The van der Waals surface area contributed by atoms with Crippen LogP contribution in [0.3, 0.4) is 0 Å². The van der Waals surface area contributed by atoms with Crippen molar-refractivity contribution in [2.75, 3.05) is 0 Å². The first-order chi connectivity index (χ1) is 10.1. The van der Waals surface area contributed by atoms with Crippen LogP contribution >= 0.6 is 0 Å². The Hall–Kier alpha value is -1.38. The summed E-state index contributed by atoms with van der Waals surface area (Å²) in [5.41, 5.74) is 1.92. The molecule has 3 atom stereocenters. The van der Waals surface area contributed by atoms with Gasteiger partial charge in [-0.3, -0.25) is 4.79 Å². The third kappa shape index (κ3) is 2.55. The number of hydrogen-bond donors (Lipinski definition) is 0. The van der Waals surface area contributed by atoms with Crippen molar-refractivity contribution >= 4 is 5.91 Å². The van der Waals surface area contributed by atoms with E-state index in [9.17, 15) is 4.79 Å². The fourth-order valence-electron chi connectivity index (χ4n) is 3.67. The fraction of sp³-hybridized carbons (Fsp3) is 0.684. The van der Waals surface area contributed by atoms with Crippen LogP contribution in [0, 0.1) is 17.8 Å². The van der Waals surface area contributed by atoms with E-state index in [4.69, 9.17) is 5.10 Å². The maximum Gasteiger partial charge on any atom is 0.250 e. The third-order valence-corrected chi connectivity index (χ3v) is 5.05. The molecule has 1 aromatic heterocycles. The van der Waals surface area contributed by atoms with Gasteiger partial charge in [0.05, 0.1) is 11.4 Å². The number of rotatable bonds is 1. The molecule has 0 saturated heterocycles. The van der Waals surface area contributed by atoms with E-state index in [-0.39, 0.29) is 22.7 Å². The minimum absolute atomic E-state index is 0.0416. The van der Waals surface area contributed by atoms with Crippen molar-refractivity contribution < 1.29 is 4.79 Å². The summed E-state index contributed by atoms with van der Waals surface area (Å²) in [6.07, 6.45) is 6.66. The van der Waals surface area contributed by atoms with E-state index in [1.807, 2.05) is 0 Å². The molecule has 2 aliphatic rings. The molecule has 120 valence electrons. The van der Waals surface area contributed by atoms with E-state index < -0.39 is 0 Å². The van der Waals surface area contributed by atoms with Gasteiger partial charge in [-0.2, -0.15) is 5.10 Å². The molecule has 2 aliphatic carbocycles.